The van der Waals surface area contributed by atoms with Crippen molar-refractivity contribution in [3.05, 3.63) is 0 Å². The Labute approximate surface area is 157 Å². The summed E-state index contributed by atoms with van der Waals surface area (Å²) in [5, 5.41) is 1.92. The van der Waals surface area contributed by atoms with Crippen molar-refractivity contribution in [2.45, 2.75) is 96.9 Å². The van der Waals surface area contributed by atoms with Crippen molar-refractivity contribution < 1.29 is 23.8 Å². The molecule has 0 radical (unpaired) electrons. The van der Waals surface area contributed by atoms with Crippen molar-refractivity contribution in [1.82, 2.24) is 5.32 Å². The maximum Gasteiger partial charge on any atom is 0.407 e. The summed E-state index contributed by atoms with van der Waals surface area (Å²) in [5.41, 5.74) is -1.62. The van der Waals surface area contributed by atoms with Gasteiger partial charge in [-0.05, 0) is 68.7 Å². The van der Waals surface area contributed by atoms with Crippen LogP contribution in [0, 0.1) is 0 Å². The van der Waals surface area contributed by atoms with Gasteiger partial charge in [0.25, 0.3) is 0 Å². The Balaban J connectivity index is 4.78. The highest BCUT2D eigenvalue weighted by Crippen LogP contribution is 2.21. The minimum atomic E-state index is -0.751. The van der Waals surface area contributed by atoms with Gasteiger partial charge in [-0.15, -0.1) is 0 Å². The van der Waals surface area contributed by atoms with E-state index in [0.29, 0.717) is 13.0 Å². The second-order valence-electron chi connectivity index (χ2n) is 8.96. The number of nitrogens with one attached hydrogen (secondary N) is 1. The summed E-state index contributed by atoms with van der Waals surface area (Å²) in [7, 11) is 0. The van der Waals surface area contributed by atoms with Gasteiger partial charge >= 0.3 is 12.1 Å². The zero-order valence-electron chi connectivity index (χ0n) is 17.1. The Hall–Kier alpha value is -0.950. The number of ether oxygens (including phenoxy) is 3. The molecule has 0 aromatic carbocycles. The van der Waals surface area contributed by atoms with Crippen LogP contribution in [0.5, 0.6) is 0 Å². The number of hydrogen-bond acceptors (Lipinski definition) is 6. The van der Waals surface area contributed by atoms with E-state index in [-0.39, 0.29) is 0 Å². The Kier molecular flexibility index (Phi) is 8.78. The lowest BCUT2D eigenvalue weighted by atomic mass is 10.1. The summed E-state index contributed by atoms with van der Waals surface area (Å²) in [6.07, 6.45) is -0.604. The average molecular weight is 378 g/mol. The summed E-state index contributed by atoms with van der Waals surface area (Å²) in [5.74, 6) is -0.442. The maximum atomic E-state index is 12.3. The third-order valence-electron chi connectivity index (χ3n) is 2.60. The minimum absolute atomic E-state index is 0.301. The number of rotatable bonds is 6. The van der Waals surface area contributed by atoms with Gasteiger partial charge in [-0.3, -0.25) is 4.79 Å². The molecule has 148 valence electrons. The second kappa shape index (κ2) is 9.12. The highest BCUT2D eigenvalue weighted by Gasteiger charge is 2.32. The zero-order valence-corrected chi connectivity index (χ0v) is 18.0. The van der Waals surface area contributed by atoms with E-state index in [1.165, 1.54) is 0 Å². The third-order valence-corrected chi connectivity index (χ3v) is 3.15. The van der Waals surface area contributed by atoms with Gasteiger partial charge in [0, 0.05) is 6.54 Å². The lowest BCUT2D eigenvalue weighted by Gasteiger charge is -2.32. The molecule has 0 aliphatic rings. The van der Waals surface area contributed by atoms with E-state index in [4.69, 9.17) is 14.2 Å². The molecule has 0 spiro atoms. The highest BCUT2D eigenvalue weighted by atomic mass is 32.1. The quantitative estimate of drug-likeness (QED) is 0.545. The number of carbonyl (C=O) groups excluding carboxylic acids is 2. The Bertz CT molecular complexity index is 446. The summed E-state index contributed by atoms with van der Waals surface area (Å²) < 4.78 is 16.5. The number of carbonyl (C=O) groups is 2. The molecule has 2 unspecified atom stereocenters. The predicted molar refractivity (Wildman–Crippen MR) is 102 cm³/mol. The highest BCUT2D eigenvalue weighted by molar-refractivity contribution is 7.81. The van der Waals surface area contributed by atoms with Gasteiger partial charge in [0.15, 0.2) is 0 Å². The topological polar surface area (TPSA) is 73.9 Å². The fourth-order valence-corrected chi connectivity index (χ4v) is 2.14. The Morgan fingerprint density at radius 3 is 1.76 bits per heavy atom. The van der Waals surface area contributed by atoms with Crippen LogP contribution >= 0.6 is 12.6 Å². The largest absolute Gasteiger partial charge is 0.459 e. The van der Waals surface area contributed by atoms with E-state index >= 15 is 0 Å². The molecule has 25 heavy (non-hydrogen) atoms. The van der Waals surface area contributed by atoms with Gasteiger partial charge in [0.1, 0.15) is 16.5 Å². The molecule has 0 aromatic rings. The Morgan fingerprint density at radius 1 is 0.880 bits per heavy atom. The molecule has 0 heterocycles. The summed E-state index contributed by atoms with van der Waals surface area (Å²) in [6, 6.07) is 0. The van der Waals surface area contributed by atoms with Crippen LogP contribution in [0.2, 0.25) is 0 Å². The van der Waals surface area contributed by atoms with Crippen LogP contribution in [0.1, 0.15) is 68.7 Å². The molecule has 0 rings (SSSR count). The standard InChI is InChI=1S/C18H35NO5S/c1-16(2,3)22-12(13(25)14(20)23-17(4,5)6)10-11-19-15(21)24-18(7,8)9/h12-13,25H,10-11H2,1-9H3,(H,19,21). The van der Waals surface area contributed by atoms with Crippen LogP contribution in [-0.2, 0) is 19.0 Å². The van der Waals surface area contributed by atoms with Crippen molar-refractivity contribution in [3.8, 4) is 0 Å². The number of amides is 1. The molecule has 0 bridgehead atoms. The molecule has 2 atom stereocenters. The van der Waals surface area contributed by atoms with Gasteiger partial charge in [-0.2, -0.15) is 12.6 Å². The SMILES string of the molecule is CC(C)(C)OC(=O)NCCC(OC(C)(C)C)C(S)C(=O)OC(C)(C)C. The fourth-order valence-electron chi connectivity index (χ4n) is 1.88. The first-order valence-electron chi connectivity index (χ1n) is 8.56. The first-order valence-corrected chi connectivity index (χ1v) is 9.07. The lowest BCUT2D eigenvalue weighted by Crippen LogP contribution is -2.43. The first kappa shape index (κ1) is 24.1. The minimum Gasteiger partial charge on any atom is -0.459 e. The van der Waals surface area contributed by atoms with E-state index in [0.717, 1.165) is 0 Å². The van der Waals surface area contributed by atoms with E-state index in [2.05, 4.69) is 17.9 Å². The molecule has 7 heteroatoms. The number of esters is 1. The van der Waals surface area contributed by atoms with Crippen molar-refractivity contribution in [2.75, 3.05) is 6.54 Å². The molecular formula is C18H35NO5S. The number of thiol groups is 1. The van der Waals surface area contributed by atoms with E-state index in [9.17, 15) is 9.59 Å². The summed E-state index contributed by atoms with van der Waals surface area (Å²) in [4.78, 5) is 24.0. The molecule has 0 fully saturated rings. The molecule has 0 saturated heterocycles. The molecule has 0 aromatic heterocycles. The molecule has 0 aliphatic heterocycles. The van der Waals surface area contributed by atoms with Gasteiger partial charge < -0.3 is 19.5 Å². The lowest BCUT2D eigenvalue weighted by molar-refractivity contribution is -0.159. The number of hydrogen-bond donors (Lipinski definition) is 2. The van der Waals surface area contributed by atoms with Gasteiger partial charge in [0.2, 0.25) is 0 Å². The van der Waals surface area contributed by atoms with E-state index < -0.39 is 40.2 Å². The van der Waals surface area contributed by atoms with Crippen LogP contribution in [0.15, 0.2) is 0 Å². The predicted octanol–water partition coefficient (Wildman–Crippen LogP) is 3.73. The third kappa shape index (κ3) is 13.0. The molecule has 6 nitrogen and oxygen atoms in total. The monoisotopic (exact) mass is 377 g/mol. The molecule has 0 aliphatic carbocycles. The second-order valence-corrected chi connectivity index (χ2v) is 9.52. The van der Waals surface area contributed by atoms with Gasteiger partial charge in [-0.25, -0.2) is 4.79 Å². The average Bonchev–Trinajstić information content (AvgIpc) is 2.30. The van der Waals surface area contributed by atoms with Crippen LogP contribution in [0.4, 0.5) is 4.79 Å². The van der Waals surface area contributed by atoms with Crippen molar-refractivity contribution in [1.29, 1.82) is 0 Å². The molecular weight excluding hydrogens is 342 g/mol. The van der Waals surface area contributed by atoms with Crippen LogP contribution < -0.4 is 5.32 Å². The van der Waals surface area contributed by atoms with Gasteiger partial charge in [-0.1, -0.05) is 0 Å². The van der Waals surface area contributed by atoms with Crippen LogP contribution in [-0.4, -0.2) is 46.8 Å². The van der Waals surface area contributed by atoms with E-state index in [1.807, 2.05) is 20.8 Å². The molecule has 1 N–H and O–H groups in total. The van der Waals surface area contributed by atoms with E-state index in [1.54, 1.807) is 41.5 Å². The normalized spacial score (nSPS) is 15.3. The summed E-state index contributed by atoms with van der Waals surface area (Å²) in [6.45, 7) is 16.8. The zero-order chi connectivity index (χ0) is 20.1. The first-order chi connectivity index (χ1) is 11.0. The number of alkyl carbamates (subject to hydrolysis) is 1. The molecule has 0 saturated carbocycles. The maximum absolute atomic E-state index is 12.3. The summed E-state index contributed by atoms with van der Waals surface area (Å²) >= 11 is 4.39. The van der Waals surface area contributed by atoms with Crippen LogP contribution in [0.25, 0.3) is 0 Å². The Morgan fingerprint density at radius 2 is 1.36 bits per heavy atom. The van der Waals surface area contributed by atoms with Crippen LogP contribution in [0.3, 0.4) is 0 Å². The van der Waals surface area contributed by atoms with Crippen molar-refractivity contribution >= 4 is 24.7 Å². The van der Waals surface area contributed by atoms with Gasteiger partial charge in [0.05, 0.1) is 11.7 Å². The fraction of sp³-hybridized carbons (Fsp3) is 0.889. The van der Waals surface area contributed by atoms with Crippen molar-refractivity contribution in [3.63, 3.8) is 0 Å². The molecule has 1 amide bonds. The smallest absolute Gasteiger partial charge is 0.407 e. The van der Waals surface area contributed by atoms with Crippen molar-refractivity contribution in [2.24, 2.45) is 0 Å².